The summed E-state index contributed by atoms with van der Waals surface area (Å²) in [6.45, 7) is 2.25. The van der Waals surface area contributed by atoms with E-state index in [-0.39, 0.29) is 17.7 Å². The highest BCUT2D eigenvalue weighted by molar-refractivity contribution is 5.20. The number of aliphatic hydroxyl groups is 1. The van der Waals surface area contributed by atoms with Crippen LogP contribution in [0.25, 0.3) is 0 Å². The van der Waals surface area contributed by atoms with Gasteiger partial charge in [0.1, 0.15) is 0 Å². The lowest BCUT2D eigenvalue weighted by molar-refractivity contribution is -0.0296. The lowest BCUT2D eigenvalue weighted by Crippen LogP contribution is -2.42. The second kappa shape index (κ2) is 7.99. The second-order valence-corrected chi connectivity index (χ2v) is 8.07. The quantitative estimate of drug-likeness (QED) is 0.895. The van der Waals surface area contributed by atoms with Gasteiger partial charge in [-0.2, -0.15) is 0 Å². The van der Waals surface area contributed by atoms with Crippen molar-refractivity contribution in [3.05, 3.63) is 69.6 Å². The van der Waals surface area contributed by atoms with Crippen molar-refractivity contribution in [3.63, 3.8) is 0 Å². The van der Waals surface area contributed by atoms with Crippen LogP contribution in [0.15, 0.2) is 47.3 Å². The van der Waals surface area contributed by atoms with Crippen LogP contribution in [0, 0.1) is 6.92 Å². The van der Waals surface area contributed by atoms with E-state index >= 15 is 0 Å². The molecule has 0 saturated heterocycles. The Labute approximate surface area is 160 Å². The number of hydrogen-bond acceptors (Lipinski definition) is 3. The molecular formula is C23H29NO3. The lowest BCUT2D eigenvalue weighted by atomic mass is 9.83. The Bertz CT molecular complexity index is 821. The van der Waals surface area contributed by atoms with Gasteiger partial charge in [-0.1, -0.05) is 36.4 Å². The van der Waals surface area contributed by atoms with Crippen molar-refractivity contribution in [3.8, 4) is 0 Å². The van der Waals surface area contributed by atoms with Crippen LogP contribution in [-0.2, 0) is 11.2 Å². The molecule has 27 heavy (non-hydrogen) atoms. The van der Waals surface area contributed by atoms with Gasteiger partial charge in [-0.3, -0.25) is 4.79 Å². The number of rotatable bonds is 4. The number of aryl methyl sites for hydroxylation is 2. The molecule has 1 aliphatic heterocycles. The number of aromatic nitrogens is 1. The minimum atomic E-state index is -0.516. The Balaban J connectivity index is 1.39. The minimum Gasteiger partial charge on any atom is -0.391 e. The minimum absolute atomic E-state index is 0.00707. The lowest BCUT2D eigenvalue weighted by Gasteiger charge is -2.35. The molecule has 0 radical (unpaired) electrons. The van der Waals surface area contributed by atoms with Crippen molar-refractivity contribution in [2.24, 2.45) is 0 Å². The van der Waals surface area contributed by atoms with Gasteiger partial charge in [0.15, 0.2) is 0 Å². The van der Waals surface area contributed by atoms with Crippen LogP contribution < -0.4 is 5.56 Å². The van der Waals surface area contributed by atoms with Gasteiger partial charge in [-0.25, -0.2) is 0 Å². The van der Waals surface area contributed by atoms with E-state index in [1.54, 1.807) is 4.57 Å². The zero-order valence-electron chi connectivity index (χ0n) is 16.0. The van der Waals surface area contributed by atoms with Crippen molar-refractivity contribution < 1.29 is 9.84 Å². The van der Waals surface area contributed by atoms with E-state index in [0.29, 0.717) is 18.9 Å². The third kappa shape index (κ3) is 3.87. The largest absolute Gasteiger partial charge is 0.391 e. The standard InChI is InChI=1S/C23H29NO3/c1-16-7-10-19-11-14-22(25)21(24(19)23(16)26)15-27-20-12-8-18(9-13-20)17-5-3-2-4-6-17/h2-7,10,18,20-22,25H,8-9,11-15H2,1H3/t18?,20?,21-,22-/m0/s1. The highest BCUT2D eigenvalue weighted by Gasteiger charge is 2.31. The average molecular weight is 367 g/mol. The molecule has 4 rings (SSSR count). The first-order valence-electron chi connectivity index (χ1n) is 10.2. The van der Waals surface area contributed by atoms with Crippen LogP contribution >= 0.6 is 0 Å². The molecule has 4 heteroatoms. The Morgan fingerprint density at radius 1 is 1.04 bits per heavy atom. The fraction of sp³-hybridized carbons (Fsp3) is 0.522. The topological polar surface area (TPSA) is 51.5 Å². The van der Waals surface area contributed by atoms with Crippen molar-refractivity contribution in [1.29, 1.82) is 0 Å². The van der Waals surface area contributed by atoms with Gasteiger partial charge in [-0.15, -0.1) is 0 Å². The Hall–Kier alpha value is -1.91. The van der Waals surface area contributed by atoms with Gasteiger partial charge in [0.25, 0.3) is 5.56 Å². The maximum Gasteiger partial charge on any atom is 0.254 e. The van der Waals surface area contributed by atoms with E-state index < -0.39 is 6.10 Å². The number of hydrogen-bond donors (Lipinski definition) is 1. The molecule has 0 unspecified atom stereocenters. The third-order valence-electron chi connectivity index (χ3n) is 6.31. The second-order valence-electron chi connectivity index (χ2n) is 8.07. The van der Waals surface area contributed by atoms with E-state index in [1.165, 1.54) is 5.56 Å². The third-order valence-corrected chi connectivity index (χ3v) is 6.31. The summed E-state index contributed by atoms with van der Waals surface area (Å²) in [6.07, 6.45) is 5.50. The number of fused-ring (bicyclic) bond motifs is 1. The van der Waals surface area contributed by atoms with Crippen LogP contribution in [0.4, 0.5) is 0 Å². The Morgan fingerprint density at radius 3 is 2.52 bits per heavy atom. The van der Waals surface area contributed by atoms with Crippen LogP contribution in [-0.4, -0.2) is 28.5 Å². The summed E-state index contributed by atoms with van der Waals surface area (Å²) in [5.41, 5.74) is 3.17. The van der Waals surface area contributed by atoms with Crippen molar-refractivity contribution in [2.75, 3.05) is 6.61 Å². The maximum atomic E-state index is 12.6. The molecule has 1 aromatic heterocycles. The van der Waals surface area contributed by atoms with Crippen molar-refractivity contribution in [2.45, 2.75) is 69.6 Å². The van der Waals surface area contributed by atoms with Crippen molar-refractivity contribution >= 4 is 0 Å². The highest BCUT2D eigenvalue weighted by atomic mass is 16.5. The summed E-state index contributed by atoms with van der Waals surface area (Å²) < 4.78 is 7.99. The van der Waals surface area contributed by atoms with E-state index in [4.69, 9.17) is 4.74 Å². The molecule has 0 amide bonds. The van der Waals surface area contributed by atoms with Gasteiger partial charge in [0.2, 0.25) is 0 Å². The van der Waals surface area contributed by atoms with E-state index in [9.17, 15) is 9.90 Å². The van der Waals surface area contributed by atoms with Crippen LogP contribution in [0.1, 0.15) is 60.9 Å². The maximum absolute atomic E-state index is 12.6. The van der Waals surface area contributed by atoms with Gasteiger partial charge in [0, 0.05) is 11.3 Å². The van der Waals surface area contributed by atoms with Gasteiger partial charge < -0.3 is 14.4 Å². The van der Waals surface area contributed by atoms with Gasteiger partial charge in [-0.05, 0) is 63.0 Å². The number of benzene rings is 1. The zero-order valence-corrected chi connectivity index (χ0v) is 16.0. The molecule has 144 valence electrons. The van der Waals surface area contributed by atoms with Crippen LogP contribution in [0.2, 0.25) is 0 Å². The number of pyridine rings is 1. The summed E-state index contributed by atoms with van der Waals surface area (Å²) in [5, 5.41) is 10.5. The van der Waals surface area contributed by atoms with Crippen LogP contribution in [0.3, 0.4) is 0 Å². The molecule has 2 aromatic rings. The zero-order chi connectivity index (χ0) is 18.8. The molecule has 2 atom stereocenters. The van der Waals surface area contributed by atoms with Gasteiger partial charge >= 0.3 is 0 Å². The SMILES string of the molecule is Cc1ccc2n(c1=O)[C@@H](COC1CCC(c3ccccc3)CC1)[C@@H](O)CC2. The highest BCUT2D eigenvalue weighted by Crippen LogP contribution is 2.34. The fourth-order valence-electron chi connectivity index (χ4n) is 4.63. The molecule has 4 nitrogen and oxygen atoms in total. The van der Waals surface area contributed by atoms with Crippen LogP contribution in [0.5, 0.6) is 0 Å². The summed E-state index contributed by atoms with van der Waals surface area (Å²) in [5.74, 6) is 0.623. The number of aliphatic hydroxyl groups excluding tert-OH is 1. The molecule has 1 N–H and O–H groups in total. The summed E-state index contributed by atoms with van der Waals surface area (Å²) in [4.78, 5) is 12.6. The molecule has 1 saturated carbocycles. The summed E-state index contributed by atoms with van der Waals surface area (Å²) in [7, 11) is 0. The molecule has 1 aliphatic carbocycles. The number of ether oxygens (including phenoxy) is 1. The molecular weight excluding hydrogens is 338 g/mol. The normalized spacial score (nSPS) is 27.9. The average Bonchev–Trinajstić information content (AvgIpc) is 2.71. The van der Waals surface area contributed by atoms with E-state index in [1.807, 2.05) is 19.1 Å². The Kier molecular flexibility index (Phi) is 5.46. The first-order chi connectivity index (χ1) is 13.1. The summed E-state index contributed by atoms with van der Waals surface area (Å²) in [6, 6.07) is 14.4. The molecule has 1 aromatic carbocycles. The molecule has 1 fully saturated rings. The molecule has 2 aliphatic rings. The number of nitrogens with zero attached hydrogens (tertiary/aromatic N) is 1. The fourth-order valence-corrected chi connectivity index (χ4v) is 4.63. The Morgan fingerprint density at radius 2 is 1.78 bits per heavy atom. The first-order valence-corrected chi connectivity index (χ1v) is 10.2. The summed E-state index contributed by atoms with van der Waals surface area (Å²) >= 11 is 0. The first kappa shape index (κ1) is 18.5. The van der Waals surface area contributed by atoms with E-state index in [2.05, 4.69) is 30.3 Å². The predicted molar refractivity (Wildman–Crippen MR) is 106 cm³/mol. The monoisotopic (exact) mass is 367 g/mol. The van der Waals surface area contributed by atoms with Gasteiger partial charge in [0.05, 0.1) is 24.9 Å². The van der Waals surface area contributed by atoms with E-state index in [0.717, 1.165) is 43.4 Å². The predicted octanol–water partition coefficient (Wildman–Crippen LogP) is 3.75. The molecule has 0 bridgehead atoms. The molecule has 0 spiro atoms. The van der Waals surface area contributed by atoms with Crippen molar-refractivity contribution in [1.82, 2.24) is 4.57 Å². The molecule has 2 heterocycles. The smallest absolute Gasteiger partial charge is 0.254 e.